The van der Waals surface area contributed by atoms with E-state index in [4.69, 9.17) is 11.6 Å². The summed E-state index contributed by atoms with van der Waals surface area (Å²) in [6.07, 6.45) is 9.22. The lowest BCUT2D eigenvalue weighted by atomic mass is 10.0. The van der Waals surface area contributed by atoms with E-state index in [0.29, 0.717) is 23.4 Å². The lowest BCUT2D eigenvalue weighted by Gasteiger charge is -2.31. The summed E-state index contributed by atoms with van der Waals surface area (Å²) in [6, 6.07) is 5.93. The molecule has 1 saturated heterocycles. The molecule has 3 aromatic rings. The fourth-order valence-corrected chi connectivity index (χ4v) is 3.86. The fourth-order valence-electron chi connectivity index (χ4n) is 3.67. The number of aryl methyl sites for hydroxylation is 2. The highest BCUT2D eigenvalue weighted by Gasteiger charge is 2.23. The first-order valence-corrected chi connectivity index (χ1v) is 10.4. The third-order valence-corrected chi connectivity index (χ3v) is 5.49. The monoisotopic (exact) mass is 425 g/mol. The van der Waals surface area contributed by atoms with Gasteiger partial charge in [-0.15, -0.1) is 10.2 Å². The molecule has 0 saturated carbocycles. The minimum absolute atomic E-state index is 0.0146. The number of tetrazole rings is 1. The molecular formula is C21H24ClN7O. The van der Waals surface area contributed by atoms with Crippen molar-refractivity contribution in [3.05, 3.63) is 64.2 Å². The number of hydrogen-bond acceptors (Lipinski definition) is 5. The summed E-state index contributed by atoms with van der Waals surface area (Å²) >= 11 is 6.17. The highest BCUT2D eigenvalue weighted by atomic mass is 35.5. The standard InChI is InChI=1S/C21H24ClN7O/c1-15-12-23-28(13-15)20-7-9-27(10-8-20)21(30)6-4-17-3-5-19(22)11-18(17)14-29-25-16(2)24-26-29/h3-6,11-13,20H,7-10,14H2,1-2H3/b6-4+. The molecule has 30 heavy (non-hydrogen) atoms. The summed E-state index contributed by atoms with van der Waals surface area (Å²) in [7, 11) is 0. The number of piperidine rings is 1. The van der Waals surface area contributed by atoms with E-state index < -0.39 is 0 Å². The topological polar surface area (TPSA) is 81.7 Å². The van der Waals surface area contributed by atoms with Crippen molar-refractivity contribution in [3.63, 3.8) is 0 Å². The molecule has 1 amide bonds. The predicted octanol–water partition coefficient (Wildman–Crippen LogP) is 3.07. The van der Waals surface area contributed by atoms with Gasteiger partial charge in [-0.25, -0.2) is 0 Å². The second-order valence-corrected chi connectivity index (χ2v) is 8.03. The van der Waals surface area contributed by atoms with Crippen molar-refractivity contribution in [1.82, 2.24) is 34.9 Å². The van der Waals surface area contributed by atoms with Crippen LogP contribution in [0.15, 0.2) is 36.7 Å². The molecule has 0 bridgehead atoms. The van der Waals surface area contributed by atoms with Gasteiger partial charge < -0.3 is 4.90 Å². The number of amides is 1. The molecule has 156 valence electrons. The SMILES string of the molecule is Cc1cnn(C2CCN(C(=O)/C=C/c3ccc(Cl)cc3Cn3nnc(C)n3)CC2)c1. The summed E-state index contributed by atoms with van der Waals surface area (Å²) in [5.74, 6) is 0.624. The minimum Gasteiger partial charge on any atom is -0.339 e. The van der Waals surface area contributed by atoms with E-state index in [9.17, 15) is 4.79 Å². The Morgan fingerprint density at radius 1 is 1.27 bits per heavy atom. The summed E-state index contributed by atoms with van der Waals surface area (Å²) in [6.45, 7) is 5.71. The molecule has 0 radical (unpaired) electrons. The summed E-state index contributed by atoms with van der Waals surface area (Å²) in [4.78, 5) is 16.1. The lowest BCUT2D eigenvalue weighted by Crippen LogP contribution is -2.38. The maximum absolute atomic E-state index is 12.7. The summed E-state index contributed by atoms with van der Waals surface area (Å²) < 4.78 is 2.02. The Kier molecular flexibility index (Phi) is 5.94. The second kappa shape index (κ2) is 8.79. The average Bonchev–Trinajstić information content (AvgIpc) is 3.35. The zero-order chi connectivity index (χ0) is 21.1. The zero-order valence-electron chi connectivity index (χ0n) is 17.1. The van der Waals surface area contributed by atoms with Gasteiger partial charge in [0.15, 0.2) is 5.82 Å². The molecule has 0 N–H and O–H groups in total. The van der Waals surface area contributed by atoms with Gasteiger partial charge in [0.25, 0.3) is 0 Å². The van der Waals surface area contributed by atoms with Crippen LogP contribution in [-0.4, -0.2) is 53.9 Å². The molecule has 1 fully saturated rings. The van der Waals surface area contributed by atoms with E-state index in [1.54, 1.807) is 13.0 Å². The molecule has 0 unspecified atom stereocenters. The highest BCUT2D eigenvalue weighted by molar-refractivity contribution is 6.30. The molecule has 0 spiro atoms. The van der Waals surface area contributed by atoms with Gasteiger partial charge >= 0.3 is 0 Å². The molecule has 1 aromatic carbocycles. The Bertz CT molecular complexity index is 1060. The van der Waals surface area contributed by atoms with Crippen LogP contribution in [0.4, 0.5) is 0 Å². The van der Waals surface area contributed by atoms with Gasteiger partial charge in [-0.1, -0.05) is 17.7 Å². The first-order chi connectivity index (χ1) is 14.5. The molecule has 1 aliphatic rings. The molecule has 2 aromatic heterocycles. The van der Waals surface area contributed by atoms with Crippen molar-refractivity contribution in [1.29, 1.82) is 0 Å². The molecular weight excluding hydrogens is 402 g/mol. The van der Waals surface area contributed by atoms with Crippen LogP contribution < -0.4 is 0 Å². The van der Waals surface area contributed by atoms with E-state index in [1.807, 2.05) is 47.0 Å². The number of nitrogens with zero attached hydrogens (tertiary/aromatic N) is 7. The van der Waals surface area contributed by atoms with E-state index >= 15 is 0 Å². The molecule has 0 atom stereocenters. The minimum atomic E-state index is 0.0146. The molecule has 0 aliphatic carbocycles. The van der Waals surface area contributed by atoms with Gasteiger partial charge in [0, 0.05) is 30.4 Å². The van der Waals surface area contributed by atoms with Gasteiger partial charge in [-0.2, -0.15) is 9.90 Å². The Morgan fingerprint density at radius 2 is 2.07 bits per heavy atom. The maximum atomic E-state index is 12.7. The number of carbonyl (C=O) groups excluding carboxylic acids is 1. The van der Waals surface area contributed by atoms with Crippen LogP contribution in [0.5, 0.6) is 0 Å². The van der Waals surface area contributed by atoms with Gasteiger partial charge in [0.05, 0.1) is 18.8 Å². The Hall–Kier alpha value is -3.00. The van der Waals surface area contributed by atoms with Crippen LogP contribution in [-0.2, 0) is 11.3 Å². The predicted molar refractivity (Wildman–Crippen MR) is 114 cm³/mol. The van der Waals surface area contributed by atoms with Crippen molar-refractivity contribution in [3.8, 4) is 0 Å². The van der Waals surface area contributed by atoms with Crippen molar-refractivity contribution >= 4 is 23.6 Å². The first-order valence-electron chi connectivity index (χ1n) is 9.98. The highest BCUT2D eigenvalue weighted by Crippen LogP contribution is 2.23. The number of hydrogen-bond donors (Lipinski definition) is 0. The quantitative estimate of drug-likeness (QED) is 0.587. The normalized spacial score (nSPS) is 15.2. The van der Waals surface area contributed by atoms with Crippen molar-refractivity contribution < 1.29 is 4.79 Å². The van der Waals surface area contributed by atoms with Crippen molar-refractivity contribution in [2.75, 3.05) is 13.1 Å². The number of carbonyl (C=O) groups is 1. The van der Waals surface area contributed by atoms with Crippen LogP contribution in [0.25, 0.3) is 6.08 Å². The van der Waals surface area contributed by atoms with Crippen molar-refractivity contribution in [2.45, 2.75) is 39.3 Å². The third-order valence-electron chi connectivity index (χ3n) is 5.26. The average molecular weight is 426 g/mol. The van der Waals surface area contributed by atoms with Crippen LogP contribution in [0.1, 0.15) is 41.4 Å². The lowest BCUT2D eigenvalue weighted by molar-refractivity contribution is -0.127. The van der Waals surface area contributed by atoms with Gasteiger partial charge in [-0.05, 0) is 66.8 Å². The Morgan fingerprint density at radius 3 is 2.73 bits per heavy atom. The van der Waals surface area contributed by atoms with Crippen LogP contribution in [0.2, 0.25) is 5.02 Å². The fraction of sp³-hybridized carbons (Fsp3) is 0.381. The molecule has 9 heteroatoms. The van der Waals surface area contributed by atoms with Gasteiger partial charge in [-0.3, -0.25) is 9.48 Å². The summed E-state index contributed by atoms with van der Waals surface area (Å²) in [5, 5.41) is 17.2. The Labute approximate surface area is 180 Å². The number of likely N-dealkylation sites (tertiary alicyclic amines) is 1. The number of halogens is 1. The number of benzene rings is 1. The largest absolute Gasteiger partial charge is 0.339 e. The van der Waals surface area contributed by atoms with E-state index in [0.717, 1.165) is 42.6 Å². The van der Waals surface area contributed by atoms with E-state index in [1.165, 1.54) is 4.80 Å². The zero-order valence-corrected chi connectivity index (χ0v) is 17.8. The molecule has 8 nitrogen and oxygen atoms in total. The molecule has 3 heterocycles. The van der Waals surface area contributed by atoms with Crippen LogP contribution >= 0.6 is 11.6 Å². The first kappa shape index (κ1) is 20.3. The molecule has 1 aliphatic heterocycles. The number of aromatic nitrogens is 6. The Balaban J connectivity index is 1.40. The van der Waals surface area contributed by atoms with Crippen LogP contribution in [0, 0.1) is 13.8 Å². The third kappa shape index (κ3) is 4.76. The second-order valence-electron chi connectivity index (χ2n) is 7.60. The van der Waals surface area contributed by atoms with E-state index in [2.05, 4.69) is 26.7 Å². The summed E-state index contributed by atoms with van der Waals surface area (Å²) in [5.41, 5.74) is 2.99. The van der Waals surface area contributed by atoms with Gasteiger partial charge in [0.2, 0.25) is 5.91 Å². The van der Waals surface area contributed by atoms with Gasteiger partial charge in [0.1, 0.15) is 0 Å². The van der Waals surface area contributed by atoms with Crippen LogP contribution in [0.3, 0.4) is 0 Å². The van der Waals surface area contributed by atoms with Crippen molar-refractivity contribution in [2.24, 2.45) is 0 Å². The maximum Gasteiger partial charge on any atom is 0.246 e. The molecule has 4 rings (SSSR count). The number of rotatable bonds is 5. The van der Waals surface area contributed by atoms with E-state index in [-0.39, 0.29) is 5.91 Å². The smallest absolute Gasteiger partial charge is 0.246 e.